The molecule has 5 heterocycles. The summed E-state index contributed by atoms with van der Waals surface area (Å²) in [5.74, 6) is 1.38. The van der Waals surface area contributed by atoms with E-state index in [4.69, 9.17) is 4.74 Å². The maximum atomic E-state index is 5.47. The molecule has 2 aromatic rings. The number of hydrogen-bond donors (Lipinski definition) is 1. The van der Waals surface area contributed by atoms with Crippen molar-refractivity contribution in [1.82, 2.24) is 20.1 Å². The molecular weight excluding hydrogens is 336 g/mol. The van der Waals surface area contributed by atoms with Crippen molar-refractivity contribution >= 4 is 0 Å². The van der Waals surface area contributed by atoms with Gasteiger partial charge in [-0.25, -0.2) is 4.98 Å². The van der Waals surface area contributed by atoms with Gasteiger partial charge in [0.25, 0.3) is 0 Å². The van der Waals surface area contributed by atoms with Crippen LogP contribution in [0.5, 0.6) is 5.88 Å². The SMILES string of the molecule is COc1ncccc1CNC1C2CN3CCN(C2)CC1(c1ccccc1)C3. The highest BCUT2D eigenvalue weighted by Gasteiger charge is 2.54. The third-order valence-corrected chi connectivity index (χ3v) is 6.70. The highest BCUT2D eigenvalue weighted by Crippen LogP contribution is 2.43. The minimum Gasteiger partial charge on any atom is -0.481 e. The van der Waals surface area contributed by atoms with Crippen LogP contribution in [0.15, 0.2) is 48.7 Å². The van der Waals surface area contributed by atoms with Crippen LogP contribution in [0.3, 0.4) is 0 Å². The minimum atomic E-state index is 0.147. The third kappa shape index (κ3) is 2.94. The summed E-state index contributed by atoms with van der Waals surface area (Å²) in [5.41, 5.74) is 2.76. The Bertz CT molecular complexity index is 780. The van der Waals surface area contributed by atoms with E-state index in [0.29, 0.717) is 12.0 Å². The fraction of sp³-hybridized carbons (Fsp3) is 0.500. The van der Waals surface area contributed by atoms with Crippen LogP contribution in [-0.4, -0.2) is 67.2 Å². The van der Waals surface area contributed by atoms with E-state index in [2.05, 4.69) is 56.5 Å². The van der Waals surface area contributed by atoms with Crippen LogP contribution in [0.2, 0.25) is 0 Å². The Kier molecular flexibility index (Phi) is 4.38. The van der Waals surface area contributed by atoms with Gasteiger partial charge in [0.2, 0.25) is 5.88 Å². The van der Waals surface area contributed by atoms with Gasteiger partial charge in [-0.3, -0.25) is 0 Å². The standard InChI is InChI=1S/C22H28N4O/c1-27-21-17(6-5-9-23-21)12-24-20-18-13-25-10-11-26(14-18)16-22(20,15-25)19-7-3-2-4-8-19/h2-9,18,20,24H,10-16H2,1H3. The number of piperidine rings is 2. The molecule has 4 aliphatic heterocycles. The number of hydrogen-bond acceptors (Lipinski definition) is 5. The van der Waals surface area contributed by atoms with Gasteiger partial charge in [-0.2, -0.15) is 0 Å². The summed E-state index contributed by atoms with van der Waals surface area (Å²) in [6, 6.07) is 15.7. The van der Waals surface area contributed by atoms with Gasteiger partial charge < -0.3 is 19.9 Å². The molecule has 27 heavy (non-hydrogen) atoms. The molecular formula is C22H28N4O. The number of ether oxygens (including phenoxy) is 1. The van der Waals surface area contributed by atoms with Crippen LogP contribution in [0.25, 0.3) is 0 Å². The van der Waals surface area contributed by atoms with Crippen molar-refractivity contribution in [2.24, 2.45) is 5.92 Å². The van der Waals surface area contributed by atoms with Crippen LogP contribution < -0.4 is 10.1 Å². The summed E-state index contributed by atoms with van der Waals surface area (Å²) in [6.07, 6.45) is 1.79. The molecule has 142 valence electrons. The summed E-state index contributed by atoms with van der Waals surface area (Å²) >= 11 is 0. The monoisotopic (exact) mass is 364 g/mol. The second kappa shape index (κ2) is 6.89. The Hall–Kier alpha value is -1.95. The number of methoxy groups -OCH3 is 1. The van der Waals surface area contributed by atoms with Gasteiger partial charge in [0.05, 0.1) is 7.11 Å². The predicted octanol–water partition coefficient (Wildman–Crippen LogP) is 1.75. The van der Waals surface area contributed by atoms with Gasteiger partial charge in [0.1, 0.15) is 0 Å². The van der Waals surface area contributed by atoms with Gasteiger partial charge in [-0.05, 0) is 11.6 Å². The molecule has 3 atom stereocenters. The van der Waals surface area contributed by atoms with E-state index in [0.717, 1.165) is 31.1 Å². The van der Waals surface area contributed by atoms with Gasteiger partial charge in [0.15, 0.2) is 0 Å². The number of aromatic nitrogens is 1. The van der Waals surface area contributed by atoms with E-state index >= 15 is 0 Å². The molecule has 5 heteroatoms. The normalized spacial score (nSPS) is 34.4. The molecule has 4 fully saturated rings. The molecule has 4 saturated heterocycles. The number of nitrogens with one attached hydrogen (secondary N) is 1. The van der Waals surface area contributed by atoms with Gasteiger partial charge in [-0.1, -0.05) is 36.4 Å². The first-order valence-electron chi connectivity index (χ1n) is 10.00. The first kappa shape index (κ1) is 17.2. The van der Waals surface area contributed by atoms with Crippen molar-refractivity contribution in [2.75, 3.05) is 46.4 Å². The lowest BCUT2D eigenvalue weighted by atomic mass is 9.64. The highest BCUT2D eigenvalue weighted by molar-refractivity contribution is 5.34. The van der Waals surface area contributed by atoms with Crippen molar-refractivity contribution < 1.29 is 4.74 Å². The summed E-state index contributed by atoms with van der Waals surface area (Å²) in [4.78, 5) is 9.74. The van der Waals surface area contributed by atoms with E-state index in [-0.39, 0.29) is 5.41 Å². The molecule has 1 N–H and O–H groups in total. The average molecular weight is 364 g/mol. The molecule has 1 aromatic carbocycles. The van der Waals surface area contributed by atoms with E-state index in [1.807, 2.05) is 6.07 Å². The van der Waals surface area contributed by atoms with Crippen molar-refractivity contribution in [1.29, 1.82) is 0 Å². The molecule has 0 radical (unpaired) electrons. The molecule has 3 unspecified atom stereocenters. The van der Waals surface area contributed by atoms with E-state index in [1.54, 1.807) is 13.3 Å². The fourth-order valence-corrected chi connectivity index (χ4v) is 5.64. The largest absolute Gasteiger partial charge is 0.481 e. The molecule has 1 aromatic heterocycles. The third-order valence-electron chi connectivity index (χ3n) is 6.70. The zero-order valence-corrected chi connectivity index (χ0v) is 16.0. The smallest absolute Gasteiger partial charge is 0.217 e. The lowest BCUT2D eigenvalue weighted by molar-refractivity contribution is 0.0174. The maximum absolute atomic E-state index is 5.47. The average Bonchev–Trinajstić information content (AvgIpc) is 2.96. The first-order chi connectivity index (χ1) is 13.3. The lowest BCUT2D eigenvalue weighted by Crippen LogP contribution is -2.69. The Morgan fingerprint density at radius 1 is 1.07 bits per heavy atom. The van der Waals surface area contributed by atoms with Crippen LogP contribution in [0.1, 0.15) is 11.1 Å². The van der Waals surface area contributed by atoms with Gasteiger partial charge in [-0.15, -0.1) is 0 Å². The van der Waals surface area contributed by atoms with Crippen LogP contribution in [0, 0.1) is 5.92 Å². The van der Waals surface area contributed by atoms with Gasteiger partial charge in [0, 0.05) is 74.9 Å². The number of rotatable bonds is 5. The first-order valence-corrected chi connectivity index (χ1v) is 10.00. The molecule has 0 spiro atoms. The summed E-state index contributed by atoms with van der Waals surface area (Å²) < 4.78 is 5.47. The molecule has 6 rings (SSSR count). The zero-order chi connectivity index (χ0) is 18.3. The predicted molar refractivity (Wildman–Crippen MR) is 106 cm³/mol. The van der Waals surface area contributed by atoms with Crippen molar-refractivity contribution in [3.63, 3.8) is 0 Å². The Balaban J connectivity index is 1.48. The number of pyridine rings is 1. The van der Waals surface area contributed by atoms with Gasteiger partial charge >= 0.3 is 0 Å². The quantitative estimate of drug-likeness (QED) is 0.875. The molecule has 0 saturated carbocycles. The maximum Gasteiger partial charge on any atom is 0.217 e. The molecule has 0 aliphatic carbocycles. The second-order valence-corrected chi connectivity index (χ2v) is 8.28. The van der Waals surface area contributed by atoms with Crippen molar-refractivity contribution in [2.45, 2.75) is 18.0 Å². The van der Waals surface area contributed by atoms with Crippen LogP contribution >= 0.6 is 0 Å². The molecule has 5 nitrogen and oxygen atoms in total. The summed E-state index contributed by atoms with van der Waals surface area (Å²) in [5, 5.41) is 3.95. The Morgan fingerprint density at radius 2 is 1.81 bits per heavy atom. The van der Waals surface area contributed by atoms with Crippen molar-refractivity contribution in [3.8, 4) is 5.88 Å². The molecule has 4 aliphatic rings. The van der Waals surface area contributed by atoms with Crippen LogP contribution in [-0.2, 0) is 12.0 Å². The fourth-order valence-electron chi connectivity index (χ4n) is 5.64. The highest BCUT2D eigenvalue weighted by atomic mass is 16.5. The topological polar surface area (TPSA) is 40.6 Å². The molecule has 0 amide bonds. The van der Waals surface area contributed by atoms with Crippen molar-refractivity contribution in [3.05, 3.63) is 59.8 Å². The number of benzene rings is 1. The van der Waals surface area contributed by atoms with Crippen LogP contribution in [0.4, 0.5) is 0 Å². The number of nitrogens with zero attached hydrogens (tertiary/aromatic N) is 3. The Labute approximate surface area is 161 Å². The second-order valence-electron chi connectivity index (χ2n) is 8.28. The number of fused-ring (bicyclic) bond motifs is 1. The van der Waals surface area contributed by atoms with E-state index in [1.165, 1.54) is 31.7 Å². The van der Waals surface area contributed by atoms with E-state index < -0.39 is 0 Å². The zero-order valence-electron chi connectivity index (χ0n) is 16.0. The summed E-state index contributed by atoms with van der Waals surface area (Å²) in [6.45, 7) is 7.90. The summed E-state index contributed by atoms with van der Waals surface area (Å²) in [7, 11) is 1.70. The minimum absolute atomic E-state index is 0.147. The Morgan fingerprint density at radius 3 is 2.52 bits per heavy atom. The lowest BCUT2D eigenvalue weighted by Gasteiger charge is -2.56. The molecule has 4 bridgehead atoms. The van der Waals surface area contributed by atoms with E-state index in [9.17, 15) is 0 Å².